The standard InChI is InChI=1S/C18H20N6/c1-2-7-15(8-3-1)9-6-12-20-18-23-17(14-22-24-18)21-13-16-10-4-5-11-19-16/h1-5,7-8,10-11,14H,6,9,12-13H2,(H2,20,21,23,24). The molecule has 0 aliphatic heterocycles. The molecule has 0 unspecified atom stereocenters. The topological polar surface area (TPSA) is 75.6 Å². The number of nitrogens with zero attached hydrogens (tertiary/aromatic N) is 4. The lowest BCUT2D eigenvalue weighted by Crippen LogP contribution is -2.10. The van der Waals surface area contributed by atoms with E-state index in [9.17, 15) is 0 Å². The summed E-state index contributed by atoms with van der Waals surface area (Å²) in [6, 6.07) is 16.3. The highest BCUT2D eigenvalue weighted by atomic mass is 15.3. The van der Waals surface area contributed by atoms with Gasteiger partial charge in [0.2, 0.25) is 5.95 Å². The highest BCUT2D eigenvalue weighted by Gasteiger charge is 2.01. The van der Waals surface area contributed by atoms with E-state index in [-0.39, 0.29) is 0 Å². The normalized spacial score (nSPS) is 10.3. The summed E-state index contributed by atoms with van der Waals surface area (Å²) in [6.45, 7) is 1.41. The predicted octanol–water partition coefficient (Wildman–Crippen LogP) is 2.92. The number of hydrogen-bond acceptors (Lipinski definition) is 6. The monoisotopic (exact) mass is 320 g/mol. The third kappa shape index (κ3) is 5.01. The van der Waals surface area contributed by atoms with E-state index in [2.05, 4.69) is 55.1 Å². The fourth-order valence-corrected chi connectivity index (χ4v) is 2.28. The van der Waals surface area contributed by atoms with Gasteiger partial charge in [-0.1, -0.05) is 36.4 Å². The van der Waals surface area contributed by atoms with Crippen LogP contribution in [0.4, 0.5) is 11.8 Å². The highest BCUT2D eigenvalue weighted by Crippen LogP contribution is 2.07. The summed E-state index contributed by atoms with van der Waals surface area (Å²) >= 11 is 0. The maximum atomic E-state index is 4.41. The Morgan fingerprint density at radius 3 is 2.62 bits per heavy atom. The number of pyridine rings is 1. The van der Waals surface area contributed by atoms with Crippen molar-refractivity contribution in [2.75, 3.05) is 17.2 Å². The summed E-state index contributed by atoms with van der Waals surface area (Å²) in [5, 5.41) is 14.4. The number of nitrogens with one attached hydrogen (secondary N) is 2. The van der Waals surface area contributed by atoms with Crippen molar-refractivity contribution < 1.29 is 0 Å². The van der Waals surface area contributed by atoms with Crippen molar-refractivity contribution in [1.82, 2.24) is 20.2 Å². The lowest BCUT2D eigenvalue weighted by Gasteiger charge is -2.07. The first-order valence-electron chi connectivity index (χ1n) is 8.01. The SMILES string of the molecule is c1ccc(CCCNc2nncc(NCc3ccccn3)n2)cc1. The van der Waals surface area contributed by atoms with Crippen molar-refractivity contribution in [2.45, 2.75) is 19.4 Å². The van der Waals surface area contributed by atoms with Crippen molar-refractivity contribution in [1.29, 1.82) is 0 Å². The predicted molar refractivity (Wildman–Crippen MR) is 94.6 cm³/mol. The van der Waals surface area contributed by atoms with Crippen molar-refractivity contribution in [3.8, 4) is 0 Å². The summed E-state index contributed by atoms with van der Waals surface area (Å²) in [7, 11) is 0. The molecule has 3 rings (SSSR count). The molecule has 0 radical (unpaired) electrons. The fourth-order valence-electron chi connectivity index (χ4n) is 2.28. The van der Waals surface area contributed by atoms with Gasteiger partial charge >= 0.3 is 0 Å². The number of hydrogen-bond donors (Lipinski definition) is 2. The largest absolute Gasteiger partial charge is 0.363 e. The molecule has 2 heterocycles. The Labute approximate surface area is 141 Å². The molecule has 1 aromatic carbocycles. The molecule has 3 aromatic rings. The smallest absolute Gasteiger partial charge is 0.244 e. The summed E-state index contributed by atoms with van der Waals surface area (Å²) in [6.07, 6.45) is 5.42. The zero-order valence-corrected chi connectivity index (χ0v) is 13.4. The number of aromatic nitrogens is 4. The van der Waals surface area contributed by atoms with Crippen LogP contribution in [0, 0.1) is 0 Å². The molecule has 0 fully saturated rings. The summed E-state index contributed by atoms with van der Waals surface area (Å²) in [5.41, 5.74) is 2.29. The van der Waals surface area contributed by atoms with Crippen molar-refractivity contribution >= 4 is 11.8 Å². The first kappa shape index (κ1) is 15.9. The van der Waals surface area contributed by atoms with E-state index in [0.29, 0.717) is 18.3 Å². The molecule has 2 aromatic heterocycles. The molecule has 0 atom stereocenters. The van der Waals surface area contributed by atoms with Gasteiger partial charge in [0.1, 0.15) is 0 Å². The van der Waals surface area contributed by atoms with E-state index in [0.717, 1.165) is 25.1 Å². The Balaban J connectivity index is 1.45. The Morgan fingerprint density at radius 1 is 0.917 bits per heavy atom. The highest BCUT2D eigenvalue weighted by molar-refractivity contribution is 5.37. The minimum atomic E-state index is 0.536. The van der Waals surface area contributed by atoms with Crippen LogP contribution >= 0.6 is 0 Å². The van der Waals surface area contributed by atoms with Gasteiger partial charge in [-0.25, -0.2) is 0 Å². The van der Waals surface area contributed by atoms with Crippen molar-refractivity contribution in [3.05, 3.63) is 72.2 Å². The number of aryl methyl sites for hydroxylation is 1. The molecule has 2 N–H and O–H groups in total. The lowest BCUT2D eigenvalue weighted by molar-refractivity contribution is 0.841. The first-order valence-corrected chi connectivity index (χ1v) is 8.01. The molecule has 0 saturated heterocycles. The van der Waals surface area contributed by atoms with Crippen LogP contribution in [-0.2, 0) is 13.0 Å². The molecule has 6 heteroatoms. The van der Waals surface area contributed by atoms with Crippen molar-refractivity contribution in [3.63, 3.8) is 0 Å². The van der Waals surface area contributed by atoms with Crippen LogP contribution in [0.25, 0.3) is 0 Å². The summed E-state index contributed by atoms with van der Waals surface area (Å²) in [5.74, 6) is 1.22. The number of rotatable bonds is 8. The average molecular weight is 320 g/mol. The fraction of sp³-hybridized carbons (Fsp3) is 0.222. The zero-order chi connectivity index (χ0) is 16.5. The second kappa shape index (κ2) is 8.57. The third-order valence-electron chi connectivity index (χ3n) is 3.50. The summed E-state index contributed by atoms with van der Waals surface area (Å²) in [4.78, 5) is 8.67. The van der Waals surface area contributed by atoms with Crippen LogP contribution < -0.4 is 10.6 Å². The maximum Gasteiger partial charge on any atom is 0.244 e. The van der Waals surface area contributed by atoms with Crippen LogP contribution in [0.1, 0.15) is 17.7 Å². The molecule has 6 nitrogen and oxygen atoms in total. The van der Waals surface area contributed by atoms with E-state index in [1.807, 2.05) is 24.3 Å². The zero-order valence-electron chi connectivity index (χ0n) is 13.4. The Morgan fingerprint density at radius 2 is 1.79 bits per heavy atom. The second-order valence-electron chi connectivity index (χ2n) is 5.36. The van der Waals surface area contributed by atoms with Gasteiger partial charge in [0.05, 0.1) is 18.4 Å². The Hall–Kier alpha value is -3.02. The molecule has 0 bridgehead atoms. The van der Waals surface area contributed by atoms with Gasteiger partial charge in [0.15, 0.2) is 5.82 Å². The van der Waals surface area contributed by atoms with Crippen LogP contribution in [0.3, 0.4) is 0 Å². The van der Waals surface area contributed by atoms with Gasteiger partial charge in [0, 0.05) is 12.7 Å². The first-order chi connectivity index (χ1) is 11.9. The third-order valence-corrected chi connectivity index (χ3v) is 3.50. The van der Waals surface area contributed by atoms with Crippen LogP contribution in [0.2, 0.25) is 0 Å². The quantitative estimate of drug-likeness (QED) is 0.622. The Kier molecular flexibility index (Phi) is 5.66. The van der Waals surface area contributed by atoms with E-state index in [1.165, 1.54) is 5.56 Å². The Bertz CT molecular complexity index is 733. The summed E-state index contributed by atoms with van der Waals surface area (Å²) < 4.78 is 0. The van der Waals surface area contributed by atoms with Gasteiger partial charge in [-0.2, -0.15) is 10.1 Å². The van der Waals surface area contributed by atoms with Crippen LogP contribution in [0.5, 0.6) is 0 Å². The minimum absolute atomic E-state index is 0.536. The van der Waals surface area contributed by atoms with Gasteiger partial charge in [0.25, 0.3) is 0 Å². The molecule has 0 aliphatic rings. The minimum Gasteiger partial charge on any atom is -0.363 e. The van der Waals surface area contributed by atoms with Gasteiger partial charge in [-0.3, -0.25) is 4.98 Å². The van der Waals surface area contributed by atoms with Gasteiger partial charge in [-0.05, 0) is 30.5 Å². The molecular formula is C18H20N6. The number of benzene rings is 1. The van der Waals surface area contributed by atoms with Crippen LogP contribution in [-0.4, -0.2) is 26.7 Å². The second-order valence-corrected chi connectivity index (χ2v) is 5.36. The van der Waals surface area contributed by atoms with E-state index in [4.69, 9.17) is 0 Å². The van der Waals surface area contributed by atoms with Gasteiger partial charge in [-0.15, -0.1) is 5.10 Å². The molecule has 0 amide bonds. The molecular weight excluding hydrogens is 300 g/mol. The molecule has 0 saturated carbocycles. The molecule has 122 valence electrons. The molecule has 0 spiro atoms. The van der Waals surface area contributed by atoms with E-state index >= 15 is 0 Å². The molecule has 24 heavy (non-hydrogen) atoms. The van der Waals surface area contributed by atoms with Gasteiger partial charge < -0.3 is 10.6 Å². The number of anilines is 2. The molecule has 0 aliphatic carbocycles. The van der Waals surface area contributed by atoms with Crippen LogP contribution in [0.15, 0.2) is 60.9 Å². The van der Waals surface area contributed by atoms with E-state index < -0.39 is 0 Å². The maximum absolute atomic E-state index is 4.41. The lowest BCUT2D eigenvalue weighted by atomic mass is 10.1. The van der Waals surface area contributed by atoms with E-state index in [1.54, 1.807) is 12.4 Å². The average Bonchev–Trinajstić information content (AvgIpc) is 2.66. The van der Waals surface area contributed by atoms with Crippen molar-refractivity contribution in [2.24, 2.45) is 0 Å².